The predicted octanol–water partition coefficient (Wildman–Crippen LogP) is 3.06. The highest BCUT2D eigenvalue weighted by atomic mass is 32.2. The van der Waals surface area contributed by atoms with Crippen LogP contribution in [0.2, 0.25) is 0 Å². The number of para-hydroxylation sites is 2. The van der Waals surface area contributed by atoms with Crippen molar-refractivity contribution in [1.82, 2.24) is 5.32 Å². The number of carbonyl (C=O) groups is 1. The minimum atomic E-state index is -4.01. The normalized spacial score (nSPS) is 11.2. The topological polar surface area (TPSA) is 84.9 Å². The van der Waals surface area contributed by atoms with E-state index in [1.165, 1.54) is 26.4 Å². The third-order valence-electron chi connectivity index (χ3n) is 4.33. The van der Waals surface area contributed by atoms with Crippen molar-refractivity contribution in [3.05, 3.63) is 48.5 Å². The molecule has 0 aliphatic heterocycles. The molecule has 1 N–H and O–H groups in total. The molecule has 0 aromatic heterocycles. The quantitative estimate of drug-likeness (QED) is 0.639. The molecule has 0 atom stereocenters. The van der Waals surface area contributed by atoms with Gasteiger partial charge in [0, 0.05) is 6.54 Å². The maximum absolute atomic E-state index is 13.4. The van der Waals surface area contributed by atoms with Gasteiger partial charge >= 0.3 is 0 Å². The van der Waals surface area contributed by atoms with Crippen LogP contribution >= 0.6 is 0 Å². The van der Waals surface area contributed by atoms with Crippen LogP contribution in [0.1, 0.15) is 20.3 Å². The monoisotopic (exact) mass is 420 g/mol. The number of hydrogen-bond donors (Lipinski definition) is 1. The molecule has 8 heteroatoms. The van der Waals surface area contributed by atoms with Crippen LogP contribution in [0.3, 0.4) is 0 Å². The molecule has 29 heavy (non-hydrogen) atoms. The molecule has 0 saturated heterocycles. The van der Waals surface area contributed by atoms with Crippen LogP contribution in [-0.2, 0) is 14.8 Å². The molecule has 0 aliphatic rings. The standard InChI is InChI=1S/C21H28N2O5S/c1-16(2)13-14-22-21(24)15-23(19-7-5-6-8-20(19)28-4)29(25,26)18-11-9-17(27-3)10-12-18/h5-12,16H,13-15H2,1-4H3,(H,22,24). The Hall–Kier alpha value is -2.74. The fourth-order valence-corrected chi connectivity index (χ4v) is 4.13. The van der Waals surface area contributed by atoms with Crippen molar-refractivity contribution >= 4 is 21.6 Å². The van der Waals surface area contributed by atoms with E-state index in [9.17, 15) is 13.2 Å². The number of benzene rings is 2. The molecule has 0 bridgehead atoms. The minimum absolute atomic E-state index is 0.0548. The number of rotatable bonds is 10. The van der Waals surface area contributed by atoms with Crippen molar-refractivity contribution in [2.45, 2.75) is 25.2 Å². The first kappa shape index (κ1) is 22.5. The van der Waals surface area contributed by atoms with Crippen molar-refractivity contribution in [2.24, 2.45) is 5.92 Å². The lowest BCUT2D eigenvalue weighted by Gasteiger charge is -2.25. The van der Waals surface area contributed by atoms with E-state index in [-0.39, 0.29) is 17.3 Å². The summed E-state index contributed by atoms with van der Waals surface area (Å²) in [7, 11) is -1.05. The van der Waals surface area contributed by atoms with Gasteiger partial charge in [-0.1, -0.05) is 26.0 Å². The summed E-state index contributed by atoms with van der Waals surface area (Å²) < 4.78 is 38.2. The second-order valence-corrected chi connectivity index (χ2v) is 8.75. The van der Waals surface area contributed by atoms with Gasteiger partial charge in [-0.2, -0.15) is 0 Å². The average molecular weight is 421 g/mol. The van der Waals surface area contributed by atoms with E-state index in [1.807, 2.05) is 0 Å². The molecule has 0 fully saturated rings. The van der Waals surface area contributed by atoms with Crippen molar-refractivity contribution < 1.29 is 22.7 Å². The van der Waals surface area contributed by atoms with Crippen LogP contribution in [0.5, 0.6) is 11.5 Å². The number of anilines is 1. The number of methoxy groups -OCH3 is 2. The highest BCUT2D eigenvalue weighted by Crippen LogP contribution is 2.32. The zero-order chi connectivity index (χ0) is 21.4. The summed E-state index contributed by atoms with van der Waals surface area (Å²) in [5, 5.41) is 2.79. The summed E-state index contributed by atoms with van der Waals surface area (Å²) >= 11 is 0. The highest BCUT2D eigenvalue weighted by Gasteiger charge is 2.29. The molecule has 0 unspecified atom stereocenters. The number of amides is 1. The van der Waals surface area contributed by atoms with Gasteiger partial charge in [0.15, 0.2) is 0 Å². The summed E-state index contributed by atoms with van der Waals surface area (Å²) in [6.07, 6.45) is 0.811. The van der Waals surface area contributed by atoms with E-state index in [0.29, 0.717) is 29.6 Å². The molecular formula is C21H28N2O5S. The molecule has 1 amide bonds. The van der Waals surface area contributed by atoms with E-state index in [0.717, 1.165) is 10.7 Å². The van der Waals surface area contributed by atoms with Crippen molar-refractivity contribution in [3.63, 3.8) is 0 Å². The van der Waals surface area contributed by atoms with Gasteiger partial charge in [-0.25, -0.2) is 8.42 Å². The molecule has 7 nitrogen and oxygen atoms in total. The van der Waals surface area contributed by atoms with Crippen LogP contribution in [0, 0.1) is 5.92 Å². The van der Waals surface area contributed by atoms with Crippen molar-refractivity contribution in [3.8, 4) is 11.5 Å². The Balaban J connectivity index is 2.39. The summed E-state index contributed by atoms with van der Waals surface area (Å²) in [4.78, 5) is 12.6. The molecule has 0 aliphatic carbocycles. The van der Waals surface area contributed by atoms with Crippen LogP contribution in [0.15, 0.2) is 53.4 Å². The number of sulfonamides is 1. The summed E-state index contributed by atoms with van der Waals surface area (Å²) in [5.74, 6) is 0.955. The molecule has 0 heterocycles. The predicted molar refractivity (Wildman–Crippen MR) is 113 cm³/mol. The minimum Gasteiger partial charge on any atom is -0.497 e. The lowest BCUT2D eigenvalue weighted by molar-refractivity contribution is -0.119. The van der Waals surface area contributed by atoms with E-state index < -0.39 is 10.0 Å². The van der Waals surface area contributed by atoms with Gasteiger partial charge in [-0.05, 0) is 48.7 Å². The molecule has 0 radical (unpaired) electrons. The first-order chi connectivity index (χ1) is 13.8. The highest BCUT2D eigenvalue weighted by molar-refractivity contribution is 7.92. The maximum atomic E-state index is 13.4. The van der Waals surface area contributed by atoms with Crippen LogP contribution in [0.25, 0.3) is 0 Å². The molecule has 2 aromatic carbocycles. The lowest BCUT2D eigenvalue weighted by Crippen LogP contribution is -2.41. The smallest absolute Gasteiger partial charge is 0.264 e. The van der Waals surface area contributed by atoms with Gasteiger partial charge in [0.05, 0.1) is 24.8 Å². The number of hydrogen-bond acceptors (Lipinski definition) is 5. The average Bonchev–Trinajstić information content (AvgIpc) is 2.71. The maximum Gasteiger partial charge on any atom is 0.264 e. The van der Waals surface area contributed by atoms with Gasteiger partial charge in [0.2, 0.25) is 5.91 Å². The molecular weight excluding hydrogens is 392 g/mol. The summed E-state index contributed by atoms with van der Waals surface area (Å²) in [6, 6.07) is 12.7. The fraction of sp³-hybridized carbons (Fsp3) is 0.381. The summed E-state index contributed by atoms with van der Waals surface area (Å²) in [5.41, 5.74) is 0.296. The third-order valence-corrected chi connectivity index (χ3v) is 6.11. The largest absolute Gasteiger partial charge is 0.497 e. The Kier molecular flexibility index (Phi) is 7.90. The van der Waals surface area contributed by atoms with E-state index in [1.54, 1.807) is 36.4 Å². The van der Waals surface area contributed by atoms with Gasteiger partial charge in [-0.3, -0.25) is 9.10 Å². The number of nitrogens with one attached hydrogen (secondary N) is 1. The van der Waals surface area contributed by atoms with Crippen molar-refractivity contribution in [2.75, 3.05) is 31.6 Å². The fourth-order valence-electron chi connectivity index (χ4n) is 2.70. The Morgan fingerprint density at radius 2 is 1.69 bits per heavy atom. The summed E-state index contributed by atoms with van der Waals surface area (Å²) in [6.45, 7) is 4.24. The first-order valence-corrected chi connectivity index (χ1v) is 10.8. The van der Waals surface area contributed by atoms with Crippen LogP contribution in [0.4, 0.5) is 5.69 Å². The Bertz CT molecular complexity index is 911. The van der Waals surface area contributed by atoms with Gasteiger partial charge in [0.1, 0.15) is 18.0 Å². The van der Waals surface area contributed by atoms with E-state index >= 15 is 0 Å². The Labute approximate surface area is 172 Å². The van der Waals surface area contributed by atoms with Gasteiger partial charge in [-0.15, -0.1) is 0 Å². The van der Waals surface area contributed by atoms with Crippen LogP contribution < -0.4 is 19.1 Å². The first-order valence-electron chi connectivity index (χ1n) is 9.36. The van der Waals surface area contributed by atoms with Crippen LogP contribution in [-0.4, -0.2) is 41.6 Å². The van der Waals surface area contributed by atoms with Gasteiger partial charge < -0.3 is 14.8 Å². The molecule has 0 saturated carbocycles. The van der Waals surface area contributed by atoms with E-state index in [4.69, 9.17) is 9.47 Å². The van der Waals surface area contributed by atoms with E-state index in [2.05, 4.69) is 19.2 Å². The second kappa shape index (κ2) is 10.2. The number of carbonyl (C=O) groups excluding carboxylic acids is 1. The molecule has 2 aromatic rings. The SMILES string of the molecule is COc1ccc(S(=O)(=O)N(CC(=O)NCCC(C)C)c2ccccc2OC)cc1. The molecule has 158 valence electrons. The Morgan fingerprint density at radius 1 is 1.03 bits per heavy atom. The molecule has 2 rings (SSSR count). The zero-order valence-corrected chi connectivity index (χ0v) is 18.0. The number of ether oxygens (including phenoxy) is 2. The lowest BCUT2D eigenvalue weighted by atomic mass is 10.1. The second-order valence-electron chi connectivity index (χ2n) is 6.89. The number of nitrogens with zero attached hydrogens (tertiary/aromatic N) is 1. The third kappa shape index (κ3) is 5.87. The van der Waals surface area contributed by atoms with Crippen molar-refractivity contribution in [1.29, 1.82) is 0 Å². The molecule has 0 spiro atoms. The van der Waals surface area contributed by atoms with Gasteiger partial charge in [0.25, 0.3) is 10.0 Å². The Morgan fingerprint density at radius 3 is 2.28 bits per heavy atom. The zero-order valence-electron chi connectivity index (χ0n) is 17.2.